The maximum atomic E-state index is 12.8. The maximum absolute atomic E-state index is 12.8. The molecule has 1 aromatic carbocycles. The van der Waals surface area contributed by atoms with Crippen molar-refractivity contribution in [1.82, 2.24) is 9.29 Å². The standard InChI is InChI=1S/C22H27N3O3S2/c1-25(2)30(27,28)18-5-3-4-17(9-18)20(26)24-21-23-19(13-29-21)22-10-14-6-15(11-22)8-16(7-14)12-22/h3-5,9,13-16H,6-8,10-12H2,1-2H3,(H,23,24,26). The molecule has 1 N–H and O–H groups in total. The average Bonchev–Trinajstić information content (AvgIpc) is 3.16. The Kier molecular flexibility index (Phi) is 4.79. The number of aromatic nitrogens is 1. The van der Waals surface area contributed by atoms with Crippen molar-refractivity contribution in [2.75, 3.05) is 19.4 Å². The lowest BCUT2D eigenvalue weighted by Crippen LogP contribution is -2.48. The number of sulfonamides is 1. The predicted octanol–water partition coefficient (Wildman–Crippen LogP) is 4.11. The normalized spacial score (nSPS) is 30.0. The van der Waals surface area contributed by atoms with Gasteiger partial charge in [-0.2, -0.15) is 0 Å². The minimum atomic E-state index is -3.59. The van der Waals surface area contributed by atoms with Crippen molar-refractivity contribution in [3.8, 4) is 0 Å². The molecule has 1 heterocycles. The van der Waals surface area contributed by atoms with Crippen molar-refractivity contribution in [1.29, 1.82) is 0 Å². The Morgan fingerprint density at radius 3 is 2.37 bits per heavy atom. The summed E-state index contributed by atoms with van der Waals surface area (Å²) in [5.41, 5.74) is 1.66. The van der Waals surface area contributed by atoms with E-state index >= 15 is 0 Å². The lowest BCUT2D eigenvalue weighted by molar-refractivity contribution is -0.00688. The van der Waals surface area contributed by atoms with Crippen molar-refractivity contribution in [2.45, 2.75) is 48.8 Å². The van der Waals surface area contributed by atoms with Gasteiger partial charge in [0, 0.05) is 30.5 Å². The van der Waals surface area contributed by atoms with E-state index in [2.05, 4.69) is 10.7 Å². The molecule has 0 atom stereocenters. The van der Waals surface area contributed by atoms with Gasteiger partial charge in [-0.1, -0.05) is 6.07 Å². The number of nitrogens with one attached hydrogen (secondary N) is 1. The largest absolute Gasteiger partial charge is 0.298 e. The van der Waals surface area contributed by atoms with Crippen molar-refractivity contribution in [2.24, 2.45) is 17.8 Å². The molecule has 4 saturated carbocycles. The van der Waals surface area contributed by atoms with Crippen molar-refractivity contribution in [3.63, 3.8) is 0 Å². The number of anilines is 1. The lowest BCUT2D eigenvalue weighted by Gasteiger charge is -2.56. The summed E-state index contributed by atoms with van der Waals surface area (Å²) in [5.74, 6) is 2.20. The molecule has 0 saturated heterocycles. The van der Waals surface area contributed by atoms with E-state index in [1.54, 1.807) is 12.1 Å². The van der Waals surface area contributed by atoms with E-state index in [9.17, 15) is 13.2 Å². The van der Waals surface area contributed by atoms with Crippen molar-refractivity contribution < 1.29 is 13.2 Å². The number of benzene rings is 1. The number of amides is 1. The summed E-state index contributed by atoms with van der Waals surface area (Å²) in [6.45, 7) is 0. The van der Waals surface area contributed by atoms with Gasteiger partial charge in [0.25, 0.3) is 5.91 Å². The Labute approximate surface area is 181 Å². The van der Waals surface area contributed by atoms with E-state index in [1.165, 1.54) is 76.1 Å². The Morgan fingerprint density at radius 1 is 1.13 bits per heavy atom. The minimum absolute atomic E-state index is 0.105. The highest BCUT2D eigenvalue weighted by Gasteiger charge is 2.52. The van der Waals surface area contributed by atoms with Crippen LogP contribution in [-0.2, 0) is 15.4 Å². The third-order valence-corrected chi connectivity index (χ3v) is 9.75. The Morgan fingerprint density at radius 2 is 1.77 bits per heavy atom. The lowest BCUT2D eigenvalue weighted by atomic mass is 9.49. The van der Waals surface area contributed by atoms with E-state index in [0.29, 0.717) is 10.7 Å². The molecule has 0 aliphatic heterocycles. The van der Waals surface area contributed by atoms with E-state index in [-0.39, 0.29) is 16.2 Å². The molecular weight excluding hydrogens is 418 g/mol. The van der Waals surface area contributed by atoms with Gasteiger partial charge in [-0.3, -0.25) is 10.1 Å². The van der Waals surface area contributed by atoms with Crippen LogP contribution in [0.15, 0.2) is 34.5 Å². The summed E-state index contributed by atoms with van der Waals surface area (Å²) in [4.78, 5) is 17.7. The summed E-state index contributed by atoms with van der Waals surface area (Å²) in [6, 6.07) is 6.13. The summed E-state index contributed by atoms with van der Waals surface area (Å²) < 4.78 is 25.9. The van der Waals surface area contributed by atoms with E-state index < -0.39 is 10.0 Å². The van der Waals surface area contributed by atoms with Crippen LogP contribution in [0.1, 0.15) is 54.6 Å². The van der Waals surface area contributed by atoms with Crippen LogP contribution >= 0.6 is 11.3 Å². The molecule has 30 heavy (non-hydrogen) atoms. The number of hydrogen-bond donors (Lipinski definition) is 1. The maximum Gasteiger partial charge on any atom is 0.257 e. The van der Waals surface area contributed by atoms with E-state index in [4.69, 9.17) is 4.98 Å². The Bertz CT molecular complexity index is 1060. The zero-order chi connectivity index (χ0) is 21.1. The molecule has 4 aliphatic rings. The number of hydrogen-bond acceptors (Lipinski definition) is 5. The highest BCUT2D eigenvalue weighted by Crippen LogP contribution is 2.60. The average molecular weight is 446 g/mol. The molecule has 4 bridgehead atoms. The zero-order valence-corrected chi connectivity index (χ0v) is 18.9. The van der Waals surface area contributed by atoms with Crippen LogP contribution in [-0.4, -0.2) is 37.7 Å². The van der Waals surface area contributed by atoms with Gasteiger partial charge in [0.15, 0.2) is 5.13 Å². The van der Waals surface area contributed by atoms with Crippen LogP contribution in [0.2, 0.25) is 0 Å². The Balaban J connectivity index is 1.35. The second-order valence-corrected chi connectivity index (χ2v) is 12.5. The summed E-state index contributed by atoms with van der Waals surface area (Å²) in [5, 5.41) is 5.59. The fraction of sp³-hybridized carbons (Fsp3) is 0.545. The number of nitrogens with zero attached hydrogens (tertiary/aromatic N) is 2. The third-order valence-electron chi connectivity index (χ3n) is 7.18. The molecule has 6 rings (SSSR count). The fourth-order valence-corrected chi connectivity index (χ4v) is 7.95. The number of carbonyl (C=O) groups is 1. The van der Waals surface area contributed by atoms with Crippen LogP contribution in [0.5, 0.6) is 0 Å². The smallest absolute Gasteiger partial charge is 0.257 e. The third kappa shape index (κ3) is 3.39. The molecule has 4 aliphatic carbocycles. The first-order valence-electron chi connectivity index (χ1n) is 10.6. The van der Waals surface area contributed by atoms with Gasteiger partial charge in [0.2, 0.25) is 10.0 Å². The first-order chi connectivity index (χ1) is 14.2. The second kappa shape index (κ2) is 7.14. The van der Waals surface area contributed by atoms with Crippen LogP contribution in [0.3, 0.4) is 0 Å². The number of thiazole rings is 1. The first-order valence-corrected chi connectivity index (χ1v) is 12.9. The zero-order valence-electron chi connectivity index (χ0n) is 17.3. The van der Waals surface area contributed by atoms with Gasteiger partial charge in [0.05, 0.1) is 10.6 Å². The fourth-order valence-electron chi connectivity index (χ4n) is 6.18. The molecule has 4 fully saturated rings. The molecule has 0 unspecified atom stereocenters. The van der Waals surface area contributed by atoms with E-state index in [0.717, 1.165) is 27.8 Å². The van der Waals surface area contributed by atoms with E-state index in [1.807, 2.05) is 0 Å². The van der Waals surface area contributed by atoms with Gasteiger partial charge in [-0.25, -0.2) is 17.7 Å². The molecular formula is C22H27N3O3S2. The molecule has 2 aromatic rings. The quantitative estimate of drug-likeness (QED) is 0.751. The van der Waals surface area contributed by atoms with Gasteiger partial charge >= 0.3 is 0 Å². The minimum Gasteiger partial charge on any atom is -0.298 e. The van der Waals surface area contributed by atoms with Gasteiger partial charge in [0.1, 0.15) is 0 Å². The molecule has 1 aromatic heterocycles. The molecule has 1 amide bonds. The van der Waals surface area contributed by atoms with Crippen molar-refractivity contribution in [3.05, 3.63) is 40.9 Å². The highest BCUT2D eigenvalue weighted by molar-refractivity contribution is 7.89. The SMILES string of the molecule is CN(C)S(=O)(=O)c1cccc(C(=O)Nc2nc(C34CC5CC(CC(C5)C3)C4)cs2)c1. The molecule has 0 radical (unpaired) electrons. The molecule has 0 spiro atoms. The van der Waals surface area contributed by atoms with Crippen LogP contribution in [0.25, 0.3) is 0 Å². The monoisotopic (exact) mass is 445 g/mol. The van der Waals surface area contributed by atoms with Crippen LogP contribution in [0.4, 0.5) is 5.13 Å². The second-order valence-electron chi connectivity index (χ2n) is 9.51. The van der Waals surface area contributed by atoms with Gasteiger partial charge < -0.3 is 0 Å². The highest BCUT2D eigenvalue weighted by atomic mass is 32.2. The van der Waals surface area contributed by atoms with Gasteiger partial charge in [-0.15, -0.1) is 11.3 Å². The number of carbonyl (C=O) groups excluding carboxylic acids is 1. The van der Waals surface area contributed by atoms with Gasteiger partial charge in [-0.05, 0) is 74.5 Å². The topological polar surface area (TPSA) is 79.4 Å². The predicted molar refractivity (Wildman–Crippen MR) is 117 cm³/mol. The summed E-state index contributed by atoms with van der Waals surface area (Å²) >= 11 is 1.47. The Hall–Kier alpha value is -1.77. The molecule has 6 nitrogen and oxygen atoms in total. The van der Waals surface area contributed by atoms with Crippen molar-refractivity contribution >= 4 is 32.4 Å². The first kappa shape index (κ1) is 20.2. The number of rotatable bonds is 5. The summed E-state index contributed by atoms with van der Waals surface area (Å²) in [7, 11) is -0.636. The van der Waals surface area contributed by atoms with Crippen LogP contribution in [0, 0.1) is 17.8 Å². The molecule has 8 heteroatoms. The van der Waals surface area contributed by atoms with Crippen LogP contribution < -0.4 is 5.32 Å². The molecule has 160 valence electrons. The summed E-state index contributed by atoms with van der Waals surface area (Å²) in [6.07, 6.45) is 7.87.